The van der Waals surface area contributed by atoms with Crippen molar-refractivity contribution in [3.63, 3.8) is 0 Å². The number of hydrogen-bond acceptors (Lipinski definition) is 3. The van der Waals surface area contributed by atoms with Gasteiger partial charge in [-0.05, 0) is 71.2 Å². The van der Waals surface area contributed by atoms with Crippen molar-refractivity contribution in [2.24, 2.45) is 0 Å². The Balaban J connectivity index is 2.93. The highest BCUT2D eigenvalue weighted by atomic mass is 127. The standard InChI is InChI=1S/C13H15I2NO2/c1-3-5-6-16-12-10(14)7-9(8-11(12)15)13(17)18-4-2/h3,5,7-8,16H,4,6H2,1-2H3. The van der Waals surface area contributed by atoms with E-state index >= 15 is 0 Å². The van der Waals surface area contributed by atoms with Gasteiger partial charge in [0.2, 0.25) is 0 Å². The molecule has 0 aliphatic heterocycles. The molecule has 0 atom stereocenters. The molecule has 0 unspecified atom stereocenters. The van der Waals surface area contributed by atoms with Crippen LogP contribution >= 0.6 is 45.2 Å². The Morgan fingerprint density at radius 1 is 1.39 bits per heavy atom. The van der Waals surface area contributed by atoms with Crippen LogP contribution in [0.25, 0.3) is 0 Å². The van der Waals surface area contributed by atoms with Gasteiger partial charge in [-0.1, -0.05) is 12.2 Å². The van der Waals surface area contributed by atoms with Gasteiger partial charge in [-0.2, -0.15) is 0 Å². The lowest BCUT2D eigenvalue weighted by Gasteiger charge is -2.11. The molecule has 3 nitrogen and oxygen atoms in total. The smallest absolute Gasteiger partial charge is 0.338 e. The predicted molar refractivity (Wildman–Crippen MR) is 91.1 cm³/mol. The van der Waals surface area contributed by atoms with E-state index in [0.717, 1.165) is 19.4 Å². The molecular formula is C13H15I2NO2. The van der Waals surface area contributed by atoms with Crippen LogP contribution in [0, 0.1) is 7.14 Å². The molecule has 98 valence electrons. The molecular weight excluding hydrogens is 456 g/mol. The Bertz CT molecular complexity index is 435. The number of carbonyl (C=O) groups is 1. The van der Waals surface area contributed by atoms with Crippen LogP contribution in [-0.4, -0.2) is 19.1 Å². The van der Waals surface area contributed by atoms with Crippen molar-refractivity contribution in [2.45, 2.75) is 13.8 Å². The number of esters is 1. The fraction of sp³-hybridized carbons (Fsp3) is 0.308. The first-order chi connectivity index (χ1) is 8.60. The van der Waals surface area contributed by atoms with E-state index in [9.17, 15) is 4.79 Å². The maximum absolute atomic E-state index is 11.7. The lowest BCUT2D eigenvalue weighted by Crippen LogP contribution is -2.08. The van der Waals surface area contributed by atoms with Crippen LogP contribution in [0.2, 0.25) is 0 Å². The van der Waals surface area contributed by atoms with E-state index in [1.54, 1.807) is 6.92 Å². The van der Waals surface area contributed by atoms with Crippen LogP contribution in [0.5, 0.6) is 0 Å². The molecule has 0 heterocycles. The Morgan fingerprint density at radius 2 is 2.00 bits per heavy atom. The van der Waals surface area contributed by atoms with Gasteiger partial charge >= 0.3 is 5.97 Å². The van der Waals surface area contributed by atoms with Gasteiger partial charge in [0.1, 0.15) is 0 Å². The van der Waals surface area contributed by atoms with Crippen LogP contribution in [-0.2, 0) is 4.74 Å². The first-order valence-electron chi connectivity index (χ1n) is 5.61. The summed E-state index contributed by atoms with van der Waals surface area (Å²) < 4.78 is 7.04. The Morgan fingerprint density at radius 3 is 2.50 bits per heavy atom. The van der Waals surface area contributed by atoms with Crippen molar-refractivity contribution in [1.82, 2.24) is 0 Å². The van der Waals surface area contributed by atoms with E-state index in [1.165, 1.54) is 0 Å². The summed E-state index contributed by atoms with van der Waals surface area (Å²) in [6.45, 7) is 4.97. The molecule has 1 N–H and O–H groups in total. The second-order valence-electron chi connectivity index (χ2n) is 3.49. The van der Waals surface area contributed by atoms with Crippen molar-refractivity contribution in [2.75, 3.05) is 18.5 Å². The Labute approximate surface area is 135 Å². The van der Waals surface area contributed by atoms with Crippen LogP contribution in [0.15, 0.2) is 24.3 Å². The minimum absolute atomic E-state index is 0.270. The minimum atomic E-state index is -0.270. The summed E-state index contributed by atoms with van der Waals surface area (Å²) in [6, 6.07) is 3.69. The van der Waals surface area contributed by atoms with E-state index in [4.69, 9.17) is 4.74 Å². The molecule has 0 saturated carbocycles. The lowest BCUT2D eigenvalue weighted by molar-refractivity contribution is 0.0526. The summed E-state index contributed by atoms with van der Waals surface area (Å²) in [5.41, 5.74) is 1.66. The van der Waals surface area contributed by atoms with E-state index in [0.29, 0.717) is 12.2 Å². The van der Waals surface area contributed by atoms with Crippen molar-refractivity contribution in [3.8, 4) is 0 Å². The summed E-state index contributed by atoms with van der Waals surface area (Å²) in [6.07, 6.45) is 4.05. The van der Waals surface area contributed by atoms with Gasteiger partial charge in [0.15, 0.2) is 0 Å². The maximum atomic E-state index is 11.7. The molecule has 0 saturated heterocycles. The van der Waals surface area contributed by atoms with Gasteiger partial charge in [-0.3, -0.25) is 0 Å². The minimum Gasteiger partial charge on any atom is -0.462 e. The summed E-state index contributed by atoms with van der Waals surface area (Å²) >= 11 is 4.45. The zero-order valence-electron chi connectivity index (χ0n) is 10.3. The molecule has 18 heavy (non-hydrogen) atoms. The van der Waals surface area contributed by atoms with Crippen molar-refractivity contribution < 1.29 is 9.53 Å². The number of carbonyl (C=O) groups excluding carboxylic acids is 1. The second kappa shape index (κ2) is 7.98. The molecule has 1 aromatic carbocycles. The van der Waals surface area contributed by atoms with Gasteiger partial charge in [-0.25, -0.2) is 4.79 Å². The fourth-order valence-corrected chi connectivity index (χ4v) is 3.50. The van der Waals surface area contributed by atoms with E-state index in [-0.39, 0.29) is 5.97 Å². The number of halogens is 2. The van der Waals surface area contributed by atoms with Crippen molar-refractivity contribution in [1.29, 1.82) is 0 Å². The summed E-state index contributed by atoms with van der Waals surface area (Å²) in [4.78, 5) is 11.7. The number of nitrogens with one attached hydrogen (secondary N) is 1. The van der Waals surface area contributed by atoms with Gasteiger partial charge < -0.3 is 10.1 Å². The molecule has 0 fully saturated rings. The summed E-state index contributed by atoms with van der Waals surface area (Å²) in [5.74, 6) is -0.270. The van der Waals surface area contributed by atoms with Gasteiger partial charge in [0.05, 0.1) is 17.9 Å². The summed E-state index contributed by atoms with van der Waals surface area (Å²) in [5, 5.41) is 3.33. The Hall–Kier alpha value is -0.310. The SMILES string of the molecule is CC=CCNc1c(I)cc(C(=O)OCC)cc1I. The van der Waals surface area contributed by atoms with Crippen LogP contribution < -0.4 is 5.32 Å². The topological polar surface area (TPSA) is 38.3 Å². The average Bonchev–Trinajstić information content (AvgIpc) is 2.32. The number of benzene rings is 1. The van der Waals surface area contributed by atoms with Gasteiger partial charge in [-0.15, -0.1) is 0 Å². The Kier molecular flexibility index (Phi) is 6.98. The third-order valence-corrected chi connectivity index (χ3v) is 3.89. The quantitative estimate of drug-likeness (QED) is 0.400. The number of ether oxygens (including phenoxy) is 1. The molecule has 0 bridgehead atoms. The predicted octanol–water partition coefficient (Wildman–Crippen LogP) is 4.06. The molecule has 0 amide bonds. The third-order valence-electron chi connectivity index (χ3n) is 2.19. The van der Waals surface area contributed by atoms with E-state index in [2.05, 4.69) is 50.5 Å². The molecule has 0 radical (unpaired) electrons. The molecule has 0 spiro atoms. The van der Waals surface area contributed by atoms with Crippen molar-refractivity contribution in [3.05, 3.63) is 37.0 Å². The molecule has 0 aliphatic carbocycles. The van der Waals surface area contributed by atoms with Crippen LogP contribution in [0.4, 0.5) is 5.69 Å². The van der Waals surface area contributed by atoms with Crippen molar-refractivity contribution >= 4 is 56.8 Å². The van der Waals surface area contributed by atoms with E-state index < -0.39 is 0 Å². The monoisotopic (exact) mass is 471 g/mol. The van der Waals surface area contributed by atoms with Crippen LogP contribution in [0.3, 0.4) is 0 Å². The first kappa shape index (κ1) is 15.7. The average molecular weight is 471 g/mol. The second-order valence-corrected chi connectivity index (χ2v) is 5.81. The fourth-order valence-electron chi connectivity index (χ4n) is 1.35. The van der Waals surface area contributed by atoms with Gasteiger partial charge in [0, 0.05) is 13.7 Å². The molecule has 5 heteroatoms. The zero-order chi connectivity index (χ0) is 13.5. The highest BCUT2D eigenvalue weighted by Crippen LogP contribution is 2.26. The number of allylic oxidation sites excluding steroid dienone is 1. The molecule has 0 aromatic heterocycles. The molecule has 1 rings (SSSR count). The zero-order valence-corrected chi connectivity index (χ0v) is 14.6. The van der Waals surface area contributed by atoms with Gasteiger partial charge in [0.25, 0.3) is 0 Å². The largest absolute Gasteiger partial charge is 0.462 e. The van der Waals surface area contributed by atoms with Crippen LogP contribution in [0.1, 0.15) is 24.2 Å². The highest BCUT2D eigenvalue weighted by Gasteiger charge is 2.12. The van der Waals surface area contributed by atoms with E-state index in [1.807, 2.05) is 31.2 Å². The number of anilines is 1. The maximum Gasteiger partial charge on any atom is 0.338 e. The highest BCUT2D eigenvalue weighted by molar-refractivity contribution is 14.1. The number of hydrogen-bond donors (Lipinski definition) is 1. The molecule has 0 aliphatic rings. The number of rotatable bonds is 5. The third kappa shape index (κ3) is 4.42. The first-order valence-corrected chi connectivity index (χ1v) is 7.77. The normalized spacial score (nSPS) is 10.7. The lowest BCUT2D eigenvalue weighted by atomic mass is 10.2. The summed E-state index contributed by atoms with van der Waals surface area (Å²) in [7, 11) is 0. The molecule has 1 aromatic rings.